The van der Waals surface area contributed by atoms with E-state index in [4.69, 9.17) is 0 Å². The van der Waals surface area contributed by atoms with Crippen molar-refractivity contribution in [1.29, 1.82) is 0 Å². The van der Waals surface area contributed by atoms with E-state index in [0.29, 0.717) is 0 Å². The number of hydrogen-bond donors (Lipinski definition) is 0. The van der Waals surface area contributed by atoms with Crippen molar-refractivity contribution in [2.75, 3.05) is 0 Å². The highest BCUT2D eigenvalue weighted by atomic mass is 14.3. The number of hydrogen-bond acceptors (Lipinski definition) is 0. The van der Waals surface area contributed by atoms with Gasteiger partial charge in [-0.2, -0.15) is 0 Å². The van der Waals surface area contributed by atoms with Gasteiger partial charge in [0.1, 0.15) is 0 Å². The quantitative estimate of drug-likeness (QED) is 0.466. The van der Waals surface area contributed by atoms with Crippen LogP contribution in [0, 0.1) is 0 Å². The Morgan fingerprint density at radius 3 is 0.893 bits per heavy atom. The highest BCUT2D eigenvalue weighted by molar-refractivity contribution is 5.75. The Hall–Kier alpha value is -1.56. The third kappa shape index (κ3) is 4.88. The van der Waals surface area contributed by atoms with Crippen LogP contribution in [0.4, 0.5) is 0 Å². The average Bonchev–Trinajstić information content (AvgIpc) is 2.50. The molecule has 0 aliphatic carbocycles. The average molecular weight is 379 g/mol. The fourth-order valence-electron chi connectivity index (χ4n) is 3.78. The maximum atomic E-state index is 2.46. The molecule has 0 radical (unpaired) electrons. The summed E-state index contributed by atoms with van der Waals surface area (Å²) < 4.78 is 0. The lowest BCUT2D eigenvalue weighted by Crippen LogP contribution is -2.19. The van der Waals surface area contributed by atoms with E-state index in [1.807, 2.05) is 0 Å². The molecule has 0 aliphatic heterocycles. The number of rotatable bonds is 1. The van der Waals surface area contributed by atoms with Crippen molar-refractivity contribution in [3.05, 3.63) is 58.7 Å². The van der Waals surface area contributed by atoms with E-state index in [9.17, 15) is 0 Å². The van der Waals surface area contributed by atoms with Gasteiger partial charge in [0.2, 0.25) is 0 Å². The molecule has 154 valence electrons. The van der Waals surface area contributed by atoms with Crippen molar-refractivity contribution in [3.8, 4) is 11.1 Å². The fraction of sp³-hybridized carbons (Fsp3) is 0.571. The molecule has 0 aromatic heterocycles. The van der Waals surface area contributed by atoms with E-state index in [1.165, 1.54) is 33.4 Å². The van der Waals surface area contributed by atoms with Gasteiger partial charge in [0, 0.05) is 0 Å². The van der Waals surface area contributed by atoms with Crippen LogP contribution < -0.4 is 0 Å². The van der Waals surface area contributed by atoms with Crippen LogP contribution in [-0.4, -0.2) is 0 Å². The van der Waals surface area contributed by atoms with Gasteiger partial charge < -0.3 is 0 Å². The van der Waals surface area contributed by atoms with E-state index in [-0.39, 0.29) is 21.7 Å². The highest BCUT2D eigenvalue weighted by Gasteiger charge is 2.27. The molecule has 0 saturated heterocycles. The van der Waals surface area contributed by atoms with E-state index >= 15 is 0 Å². The monoisotopic (exact) mass is 378 g/mol. The zero-order valence-corrected chi connectivity index (χ0v) is 20.5. The molecule has 0 heterocycles. The van der Waals surface area contributed by atoms with Gasteiger partial charge in [-0.05, 0) is 55.0 Å². The molecule has 2 rings (SSSR count). The van der Waals surface area contributed by atoms with Crippen LogP contribution in [0.5, 0.6) is 0 Å². The maximum absolute atomic E-state index is 2.46. The van der Waals surface area contributed by atoms with Crippen molar-refractivity contribution >= 4 is 0 Å². The molecule has 28 heavy (non-hydrogen) atoms. The molecular formula is C28H42. The van der Waals surface area contributed by atoms with Crippen LogP contribution in [0.3, 0.4) is 0 Å². The van der Waals surface area contributed by atoms with Gasteiger partial charge in [0.25, 0.3) is 0 Å². The Balaban J connectivity index is 2.95. The van der Waals surface area contributed by atoms with Crippen molar-refractivity contribution in [1.82, 2.24) is 0 Å². The van der Waals surface area contributed by atoms with Crippen molar-refractivity contribution in [2.24, 2.45) is 0 Å². The molecule has 0 heteroatoms. The lowest BCUT2D eigenvalue weighted by atomic mass is 9.73. The normalized spacial score (nSPS) is 13.7. The van der Waals surface area contributed by atoms with Crippen molar-refractivity contribution < 1.29 is 0 Å². The summed E-state index contributed by atoms with van der Waals surface area (Å²) in [7, 11) is 0. The van der Waals surface area contributed by atoms with Crippen LogP contribution in [0.25, 0.3) is 11.1 Å². The predicted molar refractivity (Wildman–Crippen MR) is 127 cm³/mol. The minimum atomic E-state index is 0.0959. The molecule has 0 spiro atoms. The summed E-state index contributed by atoms with van der Waals surface area (Å²) in [6.07, 6.45) is 0. The topological polar surface area (TPSA) is 0 Å². The lowest BCUT2D eigenvalue weighted by Gasteiger charge is -2.31. The first-order valence-electron chi connectivity index (χ1n) is 10.7. The summed E-state index contributed by atoms with van der Waals surface area (Å²) in [6.45, 7) is 27.8. The zero-order chi connectivity index (χ0) is 21.7. The van der Waals surface area contributed by atoms with Gasteiger partial charge in [-0.1, -0.05) is 119 Å². The second-order valence-electron chi connectivity index (χ2n) is 12.5. The molecule has 0 nitrogen and oxygen atoms in total. The second kappa shape index (κ2) is 7.05. The molecule has 0 fully saturated rings. The largest absolute Gasteiger partial charge is 0.0582 e. The summed E-state index contributed by atoms with van der Waals surface area (Å²) in [5.74, 6) is 0. The Labute approximate surface area is 174 Å². The molecule has 0 aliphatic rings. The Morgan fingerprint density at radius 2 is 0.679 bits per heavy atom. The van der Waals surface area contributed by atoms with Crippen LogP contribution >= 0.6 is 0 Å². The van der Waals surface area contributed by atoms with E-state index < -0.39 is 0 Å². The fourth-order valence-corrected chi connectivity index (χ4v) is 3.78. The smallest absolute Gasteiger partial charge is 0.0126 e. The van der Waals surface area contributed by atoms with Gasteiger partial charge in [0.05, 0.1) is 0 Å². The maximum Gasteiger partial charge on any atom is -0.0126 e. The third-order valence-electron chi connectivity index (χ3n) is 5.68. The second-order valence-corrected chi connectivity index (χ2v) is 12.5. The van der Waals surface area contributed by atoms with Gasteiger partial charge >= 0.3 is 0 Å². The minimum absolute atomic E-state index is 0.0959. The molecule has 2 aromatic rings. The van der Waals surface area contributed by atoms with Crippen LogP contribution in [0.1, 0.15) is 105 Å². The standard InChI is InChI=1S/C28H42/c1-25(2,3)19-13-15-23(27(7,8)9)21(17-19)22-18-20(26(4,5)6)14-16-24(22)28(10,11)12/h13-18H,1-12H3. The molecule has 0 atom stereocenters. The SMILES string of the molecule is CC(C)(C)c1ccc(C(C)(C)C)c(-c2cc(C(C)(C)C)ccc2C(C)(C)C)c1. The predicted octanol–water partition coefficient (Wildman–Crippen LogP) is 8.54. The summed E-state index contributed by atoms with van der Waals surface area (Å²) >= 11 is 0. The van der Waals surface area contributed by atoms with Gasteiger partial charge in [0.15, 0.2) is 0 Å². The summed E-state index contributed by atoms with van der Waals surface area (Å²) in [5.41, 5.74) is 8.91. The Bertz CT molecular complexity index is 764. The van der Waals surface area contributed by atoms with Crippen LogP contribution in [0.15, 0.2) is 36.4 Å². The molecule has 0 unspecified atom stereocenters. The first-order chi connectivity index (χ1) is 12.4. The molecule has 0 saturated carbocycles. The first kappa shape index (κ1) is 22.7. The van der Waals surface area contributed by atoms with Crippen LogP contribution in [0.2, 0.25) is 0 Å². The van der Waals surface area contributed by atoms with Crippen molar-refractivity contribution in [3.63, 3.8) is 0 Å². The molecule has 0 amide bonds. The first-order valence-corrected chi connectivity index (χ1v) is 10.7. The molecular weight excluding hydrogens is 336 g/mol. The third-order valence-corrected chi connectivity index (χ3v) is 5.68. The summed E-state index contributed by atoms with van der Waals surface area (Å²) in [5, 5.41) is 0. The van der Waals surface area contributed by atoms with Gasteiger partial charge in [-0.25, -0.2) is 0 Å². The lowest BCUT2D eigenvalue weighted by molar-refractivity contribution is 0.572. The summed E-state index contributed by atoms with van der Waals surface area (Å²) in [6, 6.07) is 14.3. The molecule has 0 N–H and O–H groups in total. The molecule has 2 aromatic carbocycles. The summed E-state index contributed by atoms with van der Waals surface area (Å²) in [4.78, 5) is 0. The highest BCUT2D eigenvalue weighted by Crippen LogP contribution is 2.42. The number of benzene rings is 2. The van der Waals surface area contributed by atoms with Gasteiger partial charge in [-0.15, -0.1) is 0 Å². The minimum Gasteiger partial charge on any atom is -0.0582 e. The zero-order valence-electron chi connectivity index (χ0n) is 20.5. The van der Waals surface area contributed by atoms with Crippen LogP contribution in [-0.2, 0) is 21.7 Å². The Morgan fingerprint density at radius 1 is 0.393 bits per heavy atom. The molecule has 0 bridgehead atoms. The van der Waals surface area contributed by atoms with E-state index in [1.54, 1.807) is 0 Å². The van der Waals surface area contributed by atoms with Crippen molar-refractivity contribution in [2.45, 2.75) is 105 Å². The van der Waals surface area contributed by atoms with E-state index in [0.717, 1.165) is 0 Å². The van der Waals surface area contributed by atoms with Gasteiger partial charge in [-0.3, -0.25) is 0 Å². The Kier molecular flexibility index (Phi) is 5.72. The van der Waals surface area contributed by atoms with E-state index in [2.05, 4.69) is 119 Å².